The Labute approximate surface area is 94.9 Å². The molecular weight excluding hydrogens is 200 g/mol. The Kier molecular flexibility index (Phi) is 2.38. The monoisotopic (exact) mass is 216 g/mol. The van der Waals surface area contributed by atoms with Crippen LogP contribution in [0.4, 0.5) is 0 Å². The van der Waals surface area contributed by atoms with Crippen LogP contribution >= 0.6 is 0 Å². The van der Waals surface area contributed by atoms with E-state index in [2.05, 4.69) is 20.8 Å². The molecule has 0 saturated carbocycles. The van der Waals surface area contributed by atoms with Crippen molar-refractivity contribution in [1.29, 1.82) is 0 Å². The maximum atomic E-state index is 11.7. The van der Waals surface area contributed by atoms with E-state index in [0.29, 0.717) is 16.7 Å². The Morgan fingerprint density at radius 3 is 2.44 bits per heavy atom. The van der Waals surface area contributed by atoms with E-state index in [1.807, 2.05) is 18.2 Å². The third-order valence-corrected chi connectivity index (χ3v) is 2.72. The molecule has 0 fully saturated rings. The largest absolute Gasteiger partial charge is 0.461 e. The molecule has 0 aliphatic carbocycles. The van der Waals surface area contributed by atoms with Crippen LogP contribution in [0.2, 0.25) is 0 Å². The van der Waals surface area contributed by atoms with Crippen LogP contribution in [-0.4, -0.2) is 0 Å². The van der Waals surface area contributed by atoms with Crippen LogP contribution in [-0.2, 0) is 5.41 Å². The van der Waals surface area contributed by atoms with Crippen molar-refractivity contribution in [3.05, 3.63) is 45.8 Å². The number of hydrogen-bond acceptors (Lipinski definition) is 2. The van der Waals surface area contributed by atoms with E-state index in [-0.39, 0.29) is 10.8 Å². The topological polar surface area (TPSA) is 30.2 Å². The van der Waals surface area contributed by atoms with Crippen LogP contribution in [0, 0.1) is 6.92 Å². The van der Waals surface area contributed by atoms with Gasteiger partial charge in [-0.3, -0.25) is 4.79 Å². The second kappa shape index (κ2) is 3.48. The van der Waals surface area contributed by atoms with Crippen molar-refractivity contribution < 1.29 is 4.42 Å². The van der Waals surface area contributed by atoms with Crippen molar-refractivity contribution in [2.75, 3.05) is 0 Å². The summed E-state index contributed by atoms with van der Waals surface area (Å²) in [4.78, 5) is 11.7. The minimum atomic E-state index is 0.0270. The Hall–Kier alpha value is -1.57. The normalized spacial score (nSPS) is 12.0. The first-order valence-corrected chi connectivity index (χ1v) is 5.43. The van der Waals surface area contributed by atoms with Crippen molar-refractivity contribution in [3.63, 3.8) is 0 Å². The Bertz CT molecular complexity index is 586. The third-order valence-electron chi connectivity index (χ3n) is 2.72. The second-order valence-electron chi connectivity index (χ2n) is 5.18. The van der Waals surface area contributed by atoms with E-state index >= 15 is 0 Å². The zero-order valence-corrected chi connectivity index (χ0v) is 10.1. The highest BCUT2D eigenvalue weighted by Crippen LogP contribution is 2.25. The number of aryl methyl sites for hydroxylation is 1. The van der Waals surface area contributed by atoms with Gasteiger partial charge in [-0.1, -0.05) is 26.8 Å². The molecule has 0 N–H and O–H groups in total. The molecule has 0 spiro atoms. The van der Waals surface area contributed by atoms with Crippen molar-refractivity contribution in [2.45, 2.75) is 33.1 Å². The molecule has 0 aliphatic heterocycles. The summed E-state index contributed by atoms with van der Waals surface area (Å²) in [6, 6.07) is 7.33. The molecule has 1 aromatic carbocycles. The third kappa shape index (κ3) is 1.87. The van der Waals surface area contributed by atoms with Gasteiger partial charge in [0.1, 0.15) is 11.3 Å². The van der Waals surface area contributed by atoms with Crippen LogP contribution in [0.5, 0.6) is 0 Å². The zero-order chi connectivity index (χ0) is 11.9. The van der Waals surface area contributed by atoms with Crippen LogP contribution in [0.3, 0.4) is 0 Å². The molecule has 2 nitrogen and oxygen atoms in total. The lowest BCUT2D eigenvalue weighted by Crippen LogP contribution is -2.11. The summed E-state index contributed by atoms with van der Waals surface area (Å²) in [5.41, 5.74) is 1.95. The fourth-order valence-corrected chi connectivity index (χ4v) is 1.74. The van der Waals surface area contributed by atoms with Gasteiger partial charge in [0.05, 0.1) is 5.39 Å². The molecular formula is C14H16O2. The molecule has 84 valence electrons. The summed E-state index contributed by atoms with van der Waals surface area (Å²) in [5.74, 6) is 0.656. The van der Waals surface area contributed by atoms with Gasteiger partial charge in [0, 0.05) is 6.07 Å². The van der Waals surface area contributed by atoms with Crippen molar-refractivity contribution in [3.8, 4) is 0 Å². The lowest BCUT2D eigenvalue weighted by atomic mass is 9.87. The van der Waals surface area contributed by atoms with Gasteiger partial charge in [0.15, 0.2) is 5.43 Å². The minimum absolute atomic E-state index is 0.0270. The molecule has 2 aromatic rings. The second-order valence-corrected chi connectivity index (χ2v) is 5.18. The predicted octanol–water partition coefficient (Wildman–Crippen LogP) is 3.40. The van der Waals surface area contributed by atoms with Gasteiger partial charge in [-0.05, 0) is 30.0 Å². The zero-order valence-electron chi connectivity index (χ0n) is 10.1. The average molecular weight is 216 g/mol. The highest BCUT2D eigenvalue weighted by molar-refractivity contribution is 5.77. The van der Waals surface area contributed by atoms with Crippen molar-refractivity contribution in [1.82, 2.24) is 0 Å². The fraction of sp³-hybridized carbons (Fsp3) is 0.357. The standard InChI is InChI=1S/C14H16O2/c1-9-7-12(15)11-6-5-10(14(2,3)4)8-13(11)16-9/h5-8H,1-4H3. The highest BCUT2D eigenvalue weighted by atomic mass is 16.3. The maximum absolute atomic E-state index is 11.7. The Morgan fingerprint density at radius 2 is 1.81 bits per heavy atom. The molecule has 0 radical (unpaired) electrons. The van der Waals surface area contributed by atoms with Crippen molar-refractivity contribution in [2.24, 2.45) is 0 Å². The van der Waals surface area contributed by atoms with E-state index in [4.69, 9.17) is 4.42 Å². The van der Waals surface area contributed by atoms with Gasteiger partial charge in [0.25, 0.3) is 0 Å². The van der Waals surface area contributed by atoms with E-state index in [1.165, 1.54) is 11.6 Å². The predicted molar refractivity (Wildman–Crippen MR) is 65.9 cm³/mol. The Morgan fingerprint density at radius 1 is 1.12 bits per heavy atom. The van der Waals surface area contributed by atoms with Gasteiger partial charge < -0.3 is 4.42 Å². The van der Waals surface area contributed by atoms with Crippen LogP contribution in [0.25, 0.3) is 11.0 Å². The molecule has 1 aromatic heterocycles. The molecule has 0 atom stereocenters. The first-order chi connectivity index (χ1) is 7.38. The fourth-order valence-electron chi connectivity index (χ4n) is 1.74. The molecule has 0 unspecified atom stereocenters. The minimum Gasteiger partial charge on any atom is -0.461 e. The summed E-state index contributed by atoms with van der Waals surface area (Å²) in [6.45, 7) is 8.22. The van der Waals surface area contributed by atoms with E-state index < -0.39 is 0 Å². The quantitative estimate of drug-likeness (QED) is 0.675. The molecule has 0 bridgehead atoms. The maximum Gasteiger partial charge on any atom is 0.192 e. The molecule has 0 saturated heterocycles. The SMILES string of the molecule is Cc1cc(=O)c2ccc(C(C)(C)C)cc2o1. The van der Waals surface area contributed by atoms with Crippen molar-refractivity contribution >= 4 is 11.0 Å². The highest BCUT2D eigenvalue weighted by Gasteiger charge is 2.15. The van der Waals surface area contributed by atoms with Gasteiger partial charge in [-0.15, -0.1) is 0 Å². The summed E-state index contributed by atoms with van der Waals surface area (Å²) in [7, 11) is 0. The molecule has 16 heavy (non-hydrogen) atoms. The van der Waals surface area contributed by atoms with E-state index in [0.717, 1.165) is 0 Å². The smallest absolute Gasteiger partial charge is 0.192 e. The first kappa shape index (κ1) is 10.9. The summed E-state index contributed by atoms with van der Waals surface area (Å²) in [5, 5.41) is 0.651. The molecule has 2 rings (SSSR count). The number of rotatable bonds is 0. The van der Waals surface area contributed by atoms with Crippen LogP contribution in [0.15, 0.2) is 33.5 Å². The summed E-state index contributed by atoms with van der Waals surface area (Å²) >= 11 is 0. The summed E-state index contributed by atoms with van der Waals surface area (Å²) < 4.78 is 5.58. The number of fused-ring (bicyclic) bond motifs is 1. The first-order valence-electron chi connectivity index (χ1n) is 5.43. The molecule has 2 heteroatoms. The molecule has 1 heterocycles. The number of hydrogen-bond donors (Lipinski definition) is 0. The van der Waals surface area contributed by atoms with Gasteiger partial charge in [0.2, 0.25) is 0 Å². The Balaban J connectivity index is 2.76. The van der Waals surface area contributed by atoms with Crippen LogP contribution < -0.4 is 5.43 Å². The van der Waals surface area contributed by atoms with Gasteiger partial charge >= 0.3 is 0 Å². The van der Waals surface area contributed by atoms with Gasteiger partial charge in [-0.2, -0.15) is 0 Å². The molecule has 0 aliphatic rings. The number of benzene rings is 1. The summed E-state index contributed by atoms with van der Waals surface area (Å²) in [6.07, 6.45) is 0. The average Bonchev–Trinajstić information content (AvgIpc) is 2.15. The van der Waals surface area contributed by atoms with Gasteiger partial charge in [-0.25, -0.2) is 0 Å². The van der Waals surface area contributed by atoms with E-state index in [9.17, 15) is 4.79 Å². The lowest BCUT2D eigenvalue weighted by Gasteiger charge is -2.18. The lowest BCUT2D eigenvalue weighted by molar-refractivity contribution is 0.557. The molecule has 0 amide bonds. The van der Waals surface area contributed by atoms with E-state index in [1.54, 1.807) is 6.92 Å². The van der Waals surface area contributed by atoms with Crippen LogP contribution in [0.1, 0.15) is 32.1 Å².